The summed E-state index contributed by atoms with van der Waals surface area (Å²) in [7, 11) is -3.53. The minimum absolute atomic E-state index is 0.186. The smallest absolute Gasteiger partial charge is 0.243 e. The normalized spacial score (nSPS) is 16.2. The number of pyridine rings is 1. The molecule has 0 spiro atoms. The molecule has 0 unspecified atom stereocenters. The first kappa shape index (κ1) is 14.5. The van der Waals surface area contributed by atoms with Gasteiger partial charge in [-0.15, -0.1) is 0 Å². The van der Waals surface area contributed by atoms with Crippen LogP contribution in [0.5, 0.6) is 0 Å². The fourth-order valence-corrected chi connectivity index (χ4v) is 4.05. The molecule has 1 aliphatic rings. The van der Waals surface area contributed by atoms with Crippen molar-refractivity contribution in [1.29, 1.82) is 0 Å². The van der Waals surface area contributed by atoms with Crippen LogP contribution in [-0.4, -0.2) is 24.3 Å². The van der Waals surface area contributed by atoms with Crippen LogP contribution >= 0.6 is 11.6 Å². The SMILES string of the molecule is O=S(=O)(c1ccc(Cl)nc1)N1CCCc2ccccc2C1. The van der Waals surface area contributed by atoms with Gasteiger partial charge >= 0.3 is 0 Å². The van der Waals surface area contributed by atoms with Crippen molar-refractivity contribution in [1.82, 2.24) is 9.29 Å². The van der Waals surface area contributed by atoms with E-state index in [-0.39, 0.29) is 10.0 Å². The summed E-state index contributed by atoms with van der Waals surface area (Å²) < 4.78 is 26.9. The second-order valence-corrected chi connectivity index (χ2v) is 7.35. The average Bonchev–Trinajstić information content (AvgIpc) is 2.70. The van der Waals surface area contributed by atoms with E-state index in [1.54, 1.807) is 0 Å². The molecule has 1 aromatic carbocycles. The third-order valence-electron chi connectivity index (χ3n) is 3.66. The molecule has 4 nitrogen and oxygen atoms in total. The van der Waals surface area contributed by atoms with Gasteiger partial charge < -0.3 is 0 Å². The molecule has 0 aliphatic carbocycles. The van der Waals surface area contributed by atoms with Crippen molar-refractivity contribution in [2.75, 3.05) is 6.54 Å². The molecule has 0 amide bonds. The van der Waals surface area contributed by atoms with E-state index in [4.69, 9.17) is 11.6 Å². The number of fused-ring (bicyclic) bond motifs is 1. The van der Waals surface area contributed by atoms with Gasteiger partial charge in [-0.2, -0.15) is 4.31 Å². The first-order chi connectivity index (χ1) is 10.1. The van der Waals surface area contributed by atoms with Gasteiger partial charge in [0.1, 0.15) is 10.0 Å². The maximum Gasteiger partial charge on any atom is 0.244 e. The van der Waals surface area contributed by atoms with Gasteiger partial charge in [0.15, 0.2) is 0 Å². The van der Waals surface area contributed by atoms with Crippen LogP contribution in [0, 0.1) is 0 Å². The first-order valence-corrected chi connectivity index (χ1v) is 8.58. The van der Waals surface area contributed by atoms with E-state index in [1.165, 1.54) is 28.2 Å². The van der Waals surface area contributed by atoms with Gasteiger partial charge in [-0.1, -0.05) is 35.9 Å². The Morgan fingerprint density at radius 3 is 2.57 bits per heavy atom. The molecule has 21 heavy (non-hydrogen) atoms. The van der Waals surface area contributed by atoms with Crippen LogP contribution in [0.1, 0.15) is 17.5 Å². The number of hydrogen-bond donors (Lipinski definition) is 0. The molecule has 6 heteroatoms. The molecule has 1 aliphatic heterocycles. The summed E-state index contributed by atoms with van der Waals surface area (Å²) in [6.07, 6.45) is 3.03. The van der Waals surface area contributed by atoms with Crippen molar-refractivity contribution in [2.45, 2.75) is 24.3 Å². The van der Waals surface area contributed by atoms with Crippen molar-refractivity contribution in [3.63, 3.8) is 0 Å². The van der Waals surface area contributed by atoms with Gasteiger partial charge in [-0.3, -0.25) is 0 Å². The largest absolute Gasteiger partial charge is 0.244 e. The standard InChI is InChI=1S/C15H15ClN2O2S/c16-15-8-7-14(10-17-15)21(19,20)18-9-3-6-12-4-1-2-5-13(12)11-18/h1-2,4-5,7-8,10H,3,6,9,11H2. The van der Waals surface area contributed by atoms with Crippen molar-refractivity contribution < 1.29 is 8.42 Å². The van der Waals surface area contributed by atoms with E-state index in [1.807, 2.05) is 18.2 Å². The van der Waals surface area contributed by atoms with Crippen molar-refractivity contribution in [3.8, 4) is 0 Å². The molecule has 0 radical (unpaired) electrons. The van der Waals surface area contributed by atoms with Crippen molar-refractivity contribution >= 4 is 21.6 Å². The summed E-state index contributed by atoms with van der Waals surface area (Å²) in [6.45, 7) is 0.917. The molecule has 2 aromatic rings. The third-order valence-corrected chi connectivity index (χ3v) is 5.71. The molecule has 0 saturated carbocycles. The number of benzene rings is 1. The van der Waals surface area contributed by atoms with E-state index in [0.717, 1.165) is 18.4 Å². The number of aromatic nitrogens is 1. The minimum Gasteiger partial charge on any atom is -0.243 e. The van der Waals surface area contributed by atoms with Gasteiger partial charge in [0.05, 0.1) is 0 Å². The van der Waals surface area contributed by atoms with Crippen molar-refractivity contribution in [2.24, 2.45) is 0 Å². The van der Waals surface area contributed by atoms with Gasteiger partial charge in [0.25, 0.3) is 0 Å². The predicted molar refractivity (Wildman–Crippen MR) is 81.6 cm³/mol. The highest BCUT2D eigenvalue weighted by atomic mass is 35.5. The fraction of sp³-hybridized carbons (Fsp3) is 0.267. The number of halogens is 1. The first-order valence-electron chi connectivity index (χ1n) is 6.76. The Morgan fingerprint density at radius 2 is 1.86 bits per heavy atom. The third kappa shape index (κ3) is 2.95. The number of rotatable bonds is 2. The molecule has 0 fully saturated rings. The number of nitrogens with zero attached hydrogens (tertiary/aromatic N) is 2. The average molecular weight is 323 g/mol. The van der Waals surface area contributed by atoms with Crippen LogP contribution in [0.2, 0.25) is 5.15 Å². The monoisotopic (exact) mass is 322 g/mol. The lowest BCUT2D eigenvalue weighted by molar-refractivity contribution is 0.410. The molecule has 3 rings (SSSR count). The number of hydrogen-bond acceptors (Lipinski definition) is 3. The van der Waals surface area contributed by atoms with E-state index >= 15 is 0 Å². The van der Waals surface area contributed by atoms with Gasteiger partial charge in [-0.25, -0.2) is 13.4 Å². The lowest BCUT2D eigenvalue weighted by Crippen LogP contribution is -2.30. The zero-order valence-corrected chi connectivity index (χ0v) is 12.9. The second-order valence-electron chi connectivity index (χ2n) is 5.03. The Labute approximate surface area is 129 Å². The Balaban J connectivity index is 1.94. The maximum atomic E-state index is 12.7. The lowest BCUT2D eigenvalue weighted by Gasteiger charge is -2.20. The van der Waals surface area contributed by atoms with Gasteiger partial charge in [0, 0.05) is 19.3 Å². The minimum atomic E-state index is -3.53. The molecule has 1 aromatic heterocycles. The van der Waals surface area contributed by atoms with Crippen LogP contribution in [0.3, 0.4) is 0 Å². The molecule has 0 N–H and O–H groups in total. The Bertz CT molecular complexity index is 745. The highest BCUT2D eigenvalue weighted by molar-refractivity contribution is 7.89. The Hall–Kier alpha value is -1.43. The summed E-state index contributed by atoms with van der Waals surface area (Å²) in [6, 6.07) is 11.0. The summed E-state index contributed by atoms with van der Waals surface area (Å²) in [5, 5.41) is 0.287. The topological polar surface area (TPSA) is 50.3 Å². The maximum absolute atomic E-state index is 12.7. The van der Waals surface area contributed by atoms with E-state index in [9.17, 15) is 8.42 Å². The predicted octanol–water partition coefficient (Wildman–Crippen LogP) is 2.87. The molecule has 110 valence electrons. The van der Waals surface area contributed by atoms with Crippen LogP contribution in [0.15, 0.2) is 47.5 Å². The van der Waals surface area contributed by atoms with E-state index in [0.29, 0.717) is 13.1 Å². The Morgan fingerprint density at radius 1 is 1.10 bits per heavy atom. The van der Waals surface area contributed by atoms with Crippen LogP contribution in [0.25, 0.3) is 0 Å². The van der Waals surface area contributed by atoms with Crippen LogP contribution in [-0.2, 0) is 23.0 Å². The molecule has 0 bridgehead atoms. The second kappa shape index (κ2) is 5.75. The zero-order valence-electron chi connectivity index (χ0n) is 11.4. The summed E-state index contributed by atoms with van der Waals surface area (Å²) in [4.78, 5) is 4.05. The molecule has 0 atom stereocenters. The number of aryl methyl sites for hydroxylation is 1. The van der Waals surface area contributed by atoms with E-state index < -0.39 is 10.0 Å². The Kier molecular flexibility index (Phi) is 3.97. The lowest BCUT2D eigenvalue weighted by atomic mass is 10.0. The summed E-state index contributed by atoms with van der Waals surface area (Å²) >= 11 is 5.72. The summed E-state index contributed by atoms with van der Waals surface area (Å²) in [5.74, 6) is 0. The molecular weight excluding hydrogens is 308 g/mol. The highest BCUT2D eigenvalue weighted by Crippen LogP contribution is 2.24. The van der Waals surface area contributed by atoms with Crippen molar-refractivity contribution in [3.05, 3.63) is 58.9 Å². The molecule has 0 saturated heterocycles. The molecule has 2 heterocycles. The zero-order chi connectivity index (χ0) is 14.9. The quantitative estimate of drug-likeness (QED) is 0.799. The molecular formula is C15H15ClN2O2S. The van der Waals surface area contributed by atoms with Gasteiger partial charge in [-0.05, 0) is 36.1 Å². The van der Waals surface area contributed by atoms with E-state index in [2.05, 4.69) is 11.1 Å². The highest BCUT2D eigenvalue weighted by Gasteiger charge is 2.27. The number of sulfonamides is 1. The van der Waals surface area contributed by atoms with Gasteiger partial charge in [0.2, 0.25) is 10.0 Å². The van der Waals surface area contributed by atoms with Crippen LogP contribution < -0.4 is 0 Å². The summed E-state index contributed by atoms with van der Waals surface area (Å²) in [5.41, 5.74) is 2.30. The fourth-order valence-electron chi connectivity index (χ4n) is 2.54. The van der Waals surface area contributed by atoms with Crippen LogP contribution in [0.4, 0.5) is 0 Å².